The highest BCUT2D eigenvalue weighted by molar-refractivity contribution is 5.40. The van der Waals surface area contributed by atoms with Crippen LogP contribution in [0.5, 0.6) is 0 Å². The second-order valence-corrected chi connectivity index (χ2v) is 2.47. The lowest BCUT2D eigenvalue weighted by molar-refractivity contribution is 0.481. The minimum Gasteiger partial charge on any atom is -0.382 e. The minimum absolute atomic E-state index is 0.0131. The molecule has 1 aromatic rings. The van der Waals surface area contributed by atoms with E-state index in [2.05, 4.69) is 9.97 Å². The van der Waals surface area contributed by atoms with Gasteiger partial charge in [-0.2, -0.15) is 0 Å². The van der Waals surface area contributed by atoms with E-state index in [-0.39, 0.29) is 10.7 Å². The Morgan fingerprint density at radius 2 is 2.57 bits per heavy atom. The van der Waals surface area contributed by atoms with Gasteiger partial charge in [-0.1, -0.05) is 0 Å². The standard InChI is InChI=1S/C10H16N4/c1-8-4-2-3-5-14(8)10-7-12-9(11)6-13-10/h6-8H,2-5H2,1H3,(H2,11,12)/i1D3,2D2,3D2,4D2,5D2,8D. The van der Waals surface area contributed by atoms with Crippen molar-refractivity contribution in [2.45, 2.75) is 32.0 Å². The predicted molar refractivity (Wildman–Crippen MR) is 57.1 cm³/mol. The van der Waals surface area contributed by atoms with Crippen LogP contribution in [0.4, 0.5) is 11.6 Å². The molecule has 1 atom stereocenters. The molecule has 0 spiro atoms. The van der Waals surface area contributed by atoms with Crippen LogP contribution < -0.4 is 10.6 Å². The summed E-state index contributed by atoms with van der Waals surface area (Å²) in [4.78, 5) is 7.25. The molecule has 1 aromatic heterocycles. The van der Waals surface area contributed by atoms with Crippen LogP contribution in [0.2, 0.25) is 0 Å². The predicted octanol–water partition coefficient (Wildman–Crippen LogP) is 1.44. The Kier molecular flexibility index (Phi) is 0.715. The smallest absolute Gasteiger partial charge is 0.147 e. The van der Waals surface area contributed by atoms with Gasteiger partial charge in [-0.05, 0) is 26.0 Å². The van der Waals surface area contributed by atoms with Crippen molar-refractivity contribution in [3.63, 3.8) is 0 Å². The number of nitrogen functional groups attached to an aromatic ring is 1. The van der Waals surface area contributed by atoms with E-state index in [1.54, 1.807) is 0 Å². The van der Waals surface area contributed by atoms with Crippen LogP contribution in [0.3, 0.4) is 0 Å². The molecule has 76 valence electrons. The van der Waals surface area contributed by atoms with Gasteiger partial charge in [0.25, 0.3) is 0 Å². The molecule has 14 heavy (non-hydrogen) atoms. The lowest BCUT2D eigenvalue weighted by Crippen LogP contribution is -2.38. The molecule has 1 unspecified atom stereocenters. The second-order valence-electron chi connectivity index (χ2n) is 2.47. The monoisotopic (exact) mass is 204 g/mol. The third-order valence-electron chi connectivity index (χ3n) is 1.52. The summed E-state index contributed by atoms with van der Waals surface area (Å²) in [7, 11) is 0. The summed E-state index contributed by atoms with van der Waals surface area (Å²) in [5, 5.41) is 0. The van der Waals surface area contributed by atoms with Crippen molar-refractivity contribution in [3.8, 4) is 0 Å². The van der Waals surface area contributed by atoms with Crippen LogP contribution >= 0.6 is 0 Å². The Balaban J connectivity index is 2.94. The zero-order chi connectivity index (χ0) is 20.6. The van der Waals surface area contributed by atoms with Crippen molar-refractivity contribution >= 4 is 11.6 Å². The van der Waals surface area contributed by atoms with Gasteiger partial charge in [0.2, 0.25) is 0 Å². The average Bonchev–Trinajstić information content (AvgIpc) is 2.46. The fourth-order valence-electron chi connectivity index (χ4n) is 0.905. The fourth-order valence-corrected chi connectivity index (χ4v) is 0.905. The number of hydrogen-bond acceptors (Lipinski definition) is 4. The molecule has 0 amide bonds. The van der Waals surface area contributed by atoms with E-state index in [0.717, 1.165) is 12.4 Å². The first-order chi connectivity index (χ1) is 11.4. The second kappa shape index (κ2) is 3.82. The normalized spacial score (nSPS) is 55.6. The summed E-state index contributed by atoms with van der Waals surface area (Å²) >= 11 is 0. The molecule has 2 N–H and O–H groups in total. The summed E-state index contributed by atoms with van der Waals surface area (Å²) in [6.07, 6.45) is -9.22. The summed E-state index contributed by atoms with van der Waals surface area (Å²) in [5.41, 5.74) is 5.37. The molecule has 0 bridgehead atoms. The van der Waals surface area contributed by atoms with E-state index in [1.807, 2.05) is 0 Å². The highest BCUT2D eigenvalue weighted by atomic mass is 15.2. The SMILES string of the molecule is [2H]C([2H])([2H])C1([2H])N(c2cnc(N)cn2)C([2H])([2H])C([2H])([2H])C([2H])([2H])C1([2H])[2H]. The molecule has 1 fully saturated rings. The van der Waals surface area contributed by atoms with Crippen LogP contribution in [0.15, 0.2) is 12.4 Å². The first-order valence-corrected chi connectivity index (χ1v) is 3.75. The number of piperidine rings is 1. The van der Waals surface area contributed by atoms with Crippen molar-refractivity contribution < 1.29 is 16.4 Å². The van der Waals surface area contributed by atoms with Crippen LogP contribution in [0.1, 0.15) is 42.4 Å². The molecule has 1 aliphatic rings. The van der Waals surface area contributed by atoms with Crippen molar-refractivity contribution in [1.82, 2.24) is 9.97 Å². The molecular weight excluding hydrogens is 176 g/mol. The van der Waals surface area contributed by atoms with Gasteiger partial charge in [-0.25, -0.2) is 9.97 Å². The third-order valence-corrected chi connectivity index (χ3v) is 1.52. The van der Waals surface area contributed by atoms with E-state index < -0.39 is 44.3 Å². The van der Waals surface area contributed by atoms with Crippen molar-refractivity contribution in [2.24, 2.45) is 0 Å². The number of nitrogens with zero attached hydrogens (tertiary/aromatic N) is 3. The van der Waals surface area contributed by atoms with Crippen molar-refractivity contribution in [3.05, 3.63) is 12.4 Å². The molecule has 4 nitrogen and oxygen atoms in total. The van der Waals surface area contributed by atoms with Crippen LogP contribution in [-0.4, -0.2) is 22.5 Å². The quantitative estimate of drug-likeness (QED) is 0.752. The largest absolute Gasteiger partial charge is 0.382 e. The van der Waals surface area contributed by atoms with Crippen molar-refractivity contribution in [1.29, 1.82) is 0 Å². The molecule has 0 radical (unpaired) electrons. The van der Waals surface area contributed by atoms with Gasteiger partial charge in [0.15, 0.2) is 0 Å². The minimum atomic E-state index is -3.68. The molecule has 1 aliphatic heterocycles. The number of rotatable bonds is 1. The van der Waals surface area contributed by atoms with E-state index in [4.69, 9.17) is 22.2 Å². The molecule has 2 rings (SSSR count). The van der Waals surface area contributed by atoms with Gasteiger partial charge < -0.3 is 10.6 Å². The Morgan fingerprint density at radius 3 is 3.29 bits per heavy atom. The molecule has 0 aliphatic carbocycles. The Bertz CT molecular complexity index is 699. The van der Waals surface area contributed by atoms with Gasteiger partial charge in [-0.15, -0.1) is 0 Å². The average molecular weight is 204 g/mol. The highest BCUT2D eigenvalue weighted by Crippen LogP contribution is 2.21. The summed E-state index contributed by atoms with van der Waals surface area (Å²) in [5.74, 6) is -0.796. The van der Waals surface area contributed by atoms with Crippen LogP contribution in [0.25, 0.3) is 0 Å². The first kappa shape index (κ1) is 2.62. The van der Waals surface area contributed by atoms with Crippen LogP contribution in [-0.2, 0) is 0 Å². The summed E-state index contributed by atoms with van der Waals surface area (Å²) in [6, 6.07) is -3.57. The van der Waals surface area contributed by atoms with Gasteiger partial charge in [0.05, 0.1) is 13.8 Å². The fraction of sp³-hybridized carbons (Fsp3) is 0.600. The molecule has 1 saturated heterocycles. The van der Waals surface area contributed by atoms with E-state index >= 15 is 0 Å². The van der Waals surface area contributed by atoms with Gasteiger partial charge in [-0.3, -0.25) is 0 Å². The number of hydrogen-bond donors (Lipinski definition) is 1. The molecule has 0 saturated carbocycles. The van der Waals surface area contributed by atoms with Gasteiger partial charge in [0, 0.05) is 27.6 Å². The Hall–Kier alpha value is -1.32. The maximum Gasteiger partial charge on any atom is 0.147 e. The molecule has 2 heterocycles. The maximum absolute atomic E-state index is 8.35. The maximum atomic E-state index is 8.35. The van der Waals surface area contributed by atoms with Crippen LogP contribution in [0, 0.1) is 0 Å². The summed E-state index contributed by atoms with van der Waals surface area (Å²) in [6.45, 7) is -7.06. The topological polar surface area (TPSA) is 55.0 Å². The Labute approximate surface area is 101 Å². The number of anilines is 2. The van der Waals surface area contributed by atoms with E-state index in [9.17, 15) is 0 Å². The zero-order valence-electron chi connectivity index (χ0n) is 19.1. The molecular formula is C10H16N4. The van der Waals surface area contributed by atoms with E-state index in [0.29, 0.717) is 0 Å². The first-order valence-electron chi connectivity index (χ1n) is 9.75. The lowest BCUT2D eigenvalue weighted by atomic mass is 10.0. The van der Waals surface area contributed by atoms with Gasteiger partial charge in [0.1, 0.15) is 11.6 Å². The lowest BCUT2D eigenvalue weighted by Gasteiger charge is -2.34. The Morgan fingerprint density at radius 1 is 1.64 bits per heavy atom. The number of nitrogens with two attached hydrogens (primary N) is 1. The van der Waals surface area contributed by atoms with E-state index in [1.165, 1.54) is 0 Å². The summed E-state index contributed by atoms with van der Waals surface area (Å²) < 4.78 is 94.9. The molecule has 4 heteroatoms. The molecule has 0 aromatic carbocycles. The van der Waals surface area contributed by atoms with Gasteiger partial charge >= 0.3 is 0 Å². The highest BCUT2D eigenvalue weighted by Gasteiger charge is 2.19. The zero-order valence-corrected chi connectivity index (χ0v) is 7.07. The number of aromatic nitrogens is 2. The van der Waals surface area contributed by atoms with Crippen molar-refractivity contribution in [2.75, 3.05) is 17.1 Å². The third kappa shape index (κ3) is 1.78.